The van der Waals surface area contributed by atoms with E-state index in [1.165, 1.54) is 0 Å². The monoisotopic (exact) mass is 258 g/mol. The van der Waals surface area contributed by atoms with Gasteiger partial charge in [-0.1, -0.05) is 5.16 Å². The van der Waals surface area contributed by atoms with Crippen LogP contribution >= 0.6 is 0 Å². The highest BCUT2D eigenvalue weighted by Crippen LogP contribution is 2.24. The van der Waals surface area contributed by atoms with Crippen molar-refractivity contribution in [2.75, 3.05) is 0 Å². The van der Waals surface area contributed by atoms with Crippen molar-refractivity contribution in [2.24, 2.45) is 14.1 Å². The van der Waals surface area contributed by atoms with E-state index in [2.05, 4.69) is 20.3 Å². The van der Waals surface area contributed by atoms with Crippen molar-refractivity contribution in [2.45, 2.75) is 12.8 Å². The molecule has 0 aromatic carbocycles. The molecule has 0 spiro atoms. The number of aromatic nitrogens is 6. The van der Waals surface area contributed by atoms with Crippen molar-refractivity contribution in [3.05, 3.63) is 36.1 Å². The zero-order valence-corrected chi connectivity index (χ0v) is 11.0. The third-order valence-corrected chi connectivity index (χ3v) is 3.09. The van der Waals surface area contributed by atoms with E-state index in [9.17, 15) is 0 Å². The molecule has 3 rings (SSSR count). The van der Waals surface area contributed by atoms with Crippen LogP contribution in [0.2, 0.25) is 0 Å². The summed E-state index contributed by atoms with van der Waals surface area (Å²) in [5.74, 6) is 1.14. The maximum absolute atomic E-state index is 5.33. The summed E-state index contributed by atoms with van der Waals surface area (Å²) in [6, 6.07) is 1.85. The van der Waals surface area contributed by atoms with Gasteiger partial charge in [-0.2, -0.15) is 15.2 Å². The second-order valence-electron chi connectivity index (χ2n) is 4.47. The van der Waals surface area contributed by atoms with Crippen LogP contribution < -0.4 is 0 Å². The average molecular weight is 258 g/mol. The van der Waals surface area contributed by atoms with Gasteiger partial charge in [0, 0.05) is 32.1 Å². The van der Waals surface area contributed by atoms with Crippen LogP contribution in [0.25, 0.3) is 11.5 Å². The third-order valence-electron chi connectivity index (χ3n) is 3.09. The first-order valence-corrected chi connectivity index (χ1v) is 5.95. The molecule has 7 heteroatoms. The van der Waals surface area contributed by atoms with Gasteiger partial charge in [0.05, 0.1) is 12.1 Å². The smallest absolute Gasteiger partial charge is 0.234 e. The molecule has 0 N–H and O–H groups in total. The van der Waals surface area contributed by atoms with E-state index < -0.39 is 0 Å². The predicted octanol–water partition coefficient (Wildman–Crippen LogP) is 1.36. The largest absolute Gasteiger partial charge is 0.338 e. The Bertz CT molecular complexity index is 694. The fourth-order valence-corrected chi connectivity index (χ4v) is 1.91. The Labute approximate surface area is 109 Å². The molecule has 0 saturated carbocycles. The van der Waals surface area contributed by atoms with Gasteiger partial charge in [0.1, 0.15) is 5.69 Å². The molecule has 1 atom stereocenters. The van der Waals surface area contributed by atoms with E-state index in [1.807, 2.05) is 33.3 Å². The van der Waals surface area contributed by atoms with Gasteiger partial charge in [-0.05, 0) is 13.0 Å². The highest BCUT2D eigenvalue weighted by Gasteiger charge is 2.19. The summed E-state index contributed by atoms with van der Waals surface area (Å²) in [4.78, 5) is 4.42. The number of hydrogen-bond acceptors (Lipinski definition) is 5. The van der Waals surface area contributed by atoms with Crippen molar-refractivity contribution >= 4 is 0 Å². The van der Waals surface area contributed by atoms with E-state index in [0.29, 0.717) is 11.7 Å². The SMILES string of the molecule is CC(c1cnn(C)c1)c1nc(-c2ccnn2C)no1. The molecule has 3 aromatic rings. The van der Waals surface area contributed by atoms with Gasteiger partial charge in [-0.15, -0.1) is 0 Å². The second-order valence-corrected chi connectivity index (χ2v) is 4.47. The second kappa shape index (κ2) is 4.34. The summed E-state index contributed by atoms with van der Waals surface area (Å²) in [5, 5.41) is 12.2. The highest BCUT2D eigenvalue weighted by atomic mass is 16.5. The fraction of sp³-hybridized carbons (Fsp3) is 0.333. The summed E-state index contributed by atoms with van der Waals surface area (Å²) < 4.78 is 8.80. The third kappa shape index (κ3) is 2.03. The van der Waals surface area contributed by atoms with Gasteiger partial charge in [0.2, 0.25) is 11.7 Å². The molecule has 0 saturated heterocycles. The summed E-state index contributed by atoms with van der Waals surface area (Å²) >= 11 is 0. The summed E-state index contributed by atoms with van der Waals surface area (Å²) in [5.41, 5.74) is 1.87. The van der Waals surface area contributed by atoms with Crippen LogP contribution in [0.1, 0.15) is 24.3 Å². The van der Waals surface area contributed by atoms with Gasteiger partial charge < -0.3 is 4.52 Å². The van der Waals surface area contributed by atoms with Crippen LogP contribution in [-0.4, -0.2) is 29.7 Å². The summed E-state index contributed by atoms with van der Waals surface area (Å²) in [6.45, 7) is 2.01. The predicted molar refractivity (Wildman–Crippen MR) is 67.2 cm³/mol. The molecule has 1 unspecified atom stereocenters. The Morgan fingerprint density at radius 2 is 2.11 bits per heavy atom. The van der Waals surface area contributed by atoms with Crippen LogP contribution in [0, 0.1) is 0 Å². The van der Waals surface area contributed by atoms with Crippen LogP contribution in [0.4, 0.5) is 0 Å². The fourth-order valence-electron chi connectivity index (χ4n) is 1.91. The van der Waals surface area contributed by atoms with Crippen molar-refractivity contribution in [1.82, 2.24) is 29.7 Å². The highest BCUT2D eigenvalue weighted by molar-refractivity contribution is 5.47. The normalized spacial score (nSPS) is 12.8. The summed E-state index contributed by atoms with van der Waals surface area (Å²) in [6.07, 6.45) is 5.45. The van der Waals surface area contributed by atoms with E-state index in [-0.39, 0.29) is 5.92 Å². The van der Waals surface area contributed by atoms with Gasteiger partial charge in [0.15, 0.2) is 0 Å². The molecule has 0 radical (unpaired) electrons. The number of aryl methyl sites for hydroxylation is 2. The molecule has 0 aliphatic rings. The standard InChI is InChI=1S/C12H14N6O/c1-8(9-6-14-17(2)7-9)12-15-11(16-19-12)10-4-5-13-18(10)3/h4-8H,1-3H3. The van der Waals surface area contributed by atoms with Gasteiger partial charge >= 0.3 is 0 Å². The van der Waals surface area contributed by atoms with E-state index >= 15 is 0 Å². The molecule has 3 heterocycles. The maximum atomic E-state index is 5.33. The lowest BCUT2D eigenvalue weighted by Crippen LogP contribution is -1.97. The zero-order chi connectivity index (χ0) is 13.4. The minimum Gasteiger partial charge on any atom is -0.338 e. The molecule has 98 valence electrons. The van der Waals surface area contributed by atoms with Crippen LogP contribution in [-0.2, 0) is 14.1 Å². The van der Waals surface area contributed by atoms with E-state index in [0.717, 1.165) is 11.3 Å². The number of rotatable bonds is 3. The molecule has 0 amide bonds. The number of hydrogen-bond donors (Lipinski definition) is 0. The number of nitrogens with zero attached hydrogens (tertiary/aromatic N) is 6. The molecule has 0 aliphatic heterocycles. The Balaban J connectivity index is 1.91. The molecule has 3 aromatic heterocycles. The minimum atomic E-state index is 0.0168. The average Bonchev–Trinajstić information content (AvgIpc) is 3.08. The van der Waals surface area contributed by atoms with Crippen molar-refractivity contribution in [3.63, 3.8) is 0 Å². The first-order valence-electron chi connectivity index (χ1n) is 5.95. The van der Waals surface area contributed by atoms with E-state index in [1.54, 1.807) is 21.8 Å². The van der Waals surface area contributed by atoms with Gasteiger partial charge in [-0.3, -0.25) is 9.36 Å². The zero-order valence-electron chi connectivity index (χ0n) is 11.0. The van der Waals surface area contributed by atoms with Crippen molar-refractivity contribution in [3.8, 4) is 11.5 Å². The van der Waals surface area contributed by atoms with Crippen molar-refractivity contribution < 1.29 is 4.52 Å². The van der Waals surface area contributed by atoms with Crippen LogP contribution in [0.3, 0.4) is 0 Å². The molecular formula is C12H14N6O. The first-order chi connectivity index (χ1) is 9.15. The Kier molecular flexibility index (Phi) is 2.66. The molecule has 0 fully saturated rings. The Morgan fingerprint density at radius 1 is 1.26 bits per heavy atom. The molecule has 0 bridgehead atoms. The minimum absolute atomic E-state index is 0.0168. The van der Waals surface area contributed by atoms with E-state index in [4.69, 9.17) is 4.52 Å². The molecular weight excluding hydrogens is 244 g/mol. The first kappa shape index (κ1) is 11.6. The molecule has 19 heavy (non-hydrogen) atoms. The summed E-state index contributed by atoms with van der Waals surface area (Å²) in [7, 11) is 3.72. The quantitative estimate of drug-likeness (QED) is 0.709. The molecule has 7 nitrogen and oxygen atoms in total. The molecule has 0 aliphatic carbocycles. The Hall–Kier alpha value is -2.44. The van der Waals surface area contributed by atoms with Gasteiger partial charge in [0.25, 0.3) is 0 Å². The van der Waals surface area contributed by atoms with Gasteiger partial charge in [-0.25, -0.2) is 0 Å². The lowest BCUT2D eigenvalue weighted by Gasteiger charge is -2.01. The van der Waals surface area contributed by atoms with Crippen LogP contribution in [0.5, 0.6) is 0 Å². The topological polar surface area (TPSA) is 74.6 Å². The Morgan fingerprint density at radius 3 is 2.74 bits per heavy atom. The lowest BCUT2D eigenvalue weighted by molar-refractivity contribution is 0.370. The lowest BCUT2D eigenvalue weighted by atomic mass is 10.1. The van der Waals surface area contributed by atoms with Crippen molar-refractivity contribution in [1.29, 1.82) is 0 Å². The maximum Gasteiger partial charge on any atom is 0.234 e. The van der Waals surface area contributed by atoms with Crippen LogP contribution in [0.15, 0.2) is 29.2 Å².